The Balaban J connectivity index is 2.51. The molecule has 0 aliphatic heterocycles. The first-order valence-electron chi connectivity index (χ1n) is 4.25. The summed E-state index contributed by atoms with van der Waals surface area (Å²) in [7, 11) is 0. The Hall–Kier alpha value is -1.49. The van der Waals surface area contributed by atoms with Gasteiger partial charge in [-0.3, -0.25) is 9.78 Å². The summed E-state index contributed by atoms with van der Waals surface area (Å²) in [5, 5.41) is 2.87. The van der Waals surface area contributed by atoms with Crippen LogP contribution in [0.1, 0.15) is 16.1 Å². The fraction of sp³-hybridized carbons (Fsp3) is 0.333. The molecule has 3 N–H and O–H groups in total. The quantitative estimate of drug-likeness (QED) is 0.664. The van der Waals surface area contributed by atoms with Gasteiger partial charge >= 0.3 is 0 Å². The van der Waals surface area contributed by atoms with Crippen LogP contribution in [0.4, 0.5) is 4.39 Å². The van der Waals surface area contributed by atoms with Crippen LogP contribution in [0.15, 0.2) is 18.3 Å². The molecule has 14 heavy (non-hydrogen) atoms. The van der Waals surface area contributed by atoms with Crippen molar-refractivity contribution in [2.45, 2.75) is 6.54 Å². The van der Waals surface area contributed by atoms with E-state index in [4.69, 9.17) is 5.73 Å². The summed E-state index contributed by atoms with van der Waals surface area (Å²) in [6, 6.07) is 3.28. The van der Waals surface area contributed by atoms with Gasteiger partial charge < -0.3 is 11.1 Å². The van der Waals surface area contributed by atoms with Gasteiger partial charge in [0.1, 0.15) is 12.4 Å². The highest BCUT2D eigenvalue weighted by Gasteiger charge is 2.00. The lowest BCUT2D eigenvalue weighted by atomic mass is 10.2. The van der Waals surface area contributed by atoms with Crippen molar-refractivity contribution in [3.05, 3.63) is 29.6 Å². The molecule has 0 saturated heterocycles. The number of hydrogen-bond donors (Lipinski definition) is 2. The minimum atomic E-state index is -0.548. The molecular weight excluding hydrogens is 185 g/mol. The fourth-order valence-electron chi connectivity index (χ4n) is 0.974. The molecule has 1 aromatic heterocycles. The molecule has 0 bridgehead atoms. The van der Waals surface area contributed by atoms with E-state index in [2.05, 4.69) is 10.3 Å². The van der Waals surface area contributed by atoms with Gasteiger partial charge in [-0.05, 0) is 11.6 Å². The molecule has 0 fully saturated rings. The Kier molecular flexibility index (Phi) is 4.00. The van der Waals surface area contributed by atoms with Gasteiger partial charge in [0.2, 0.25) is 0 Å². The summed E-state index contributed by atoms with van der Waals surface area (Å²) >= 11 is 0. The number of nitrogens with zero attached hydrogens (tertiary/aromatic N) is 1. The van der Waals surface area contributed by atoms with Crippen molar-refractivity contribution in [2.24, 2.45) is 5.73 Å². The number of hydrogen-bond acceptors (Lipinski definition) is 3. The number of primary amides is 1. The lowest BCUT2D eigenvalue weighted by Gasteiger charge is -2.02. The third kappa shape index (κ3) is 3.10. The molecule has 1 amide bonds. The highest BCUT2D eigenvalue weighted by Crippen LogP contribution is 1.99. The number of nitrogens with one attached hydrogen (secondary N) is 1. The maximum atomic E-state index is 11.7. The van der Waals surface area contributed by atoms with Crippen LogP contribution in [-0.2, 0) is 6.54 Å². The number of nitrogens with two attached hydrogens (primary N) is 1. The van der Waals surface area contributed by atoms with E-state index in [9.17, 15) is 9.18 Å². The zero-order chi connectivity index (χ0) is 10.4. The van der Waals surface area contributed by atoms with Gasteiger partial charge in [-0.25, -0.2) is 4.39 Å². The Morgan fingerprint density at radius 2 is 2.36 bits per heavy atom. The average molecular weight is 197 g/mol. The number of pyridine rings is 1. The van der Waals surface area contributed by atoms with Crippen molar-refractivity contribution in [2.75, 3.05) is 13.2 Å². The number of aromatic nitrogens is 1. The molecule has 76 valence electrons. The number of alkyl halides is 1. The molecular formula is C9H12FN3O. The van der Waals surface area contributed by atoms with Crippen molar-refractivity contribution in [1.82, 2.24) is 10.3 Å². The minimum absolute atomic E-state index is 0.235. The highest BCUT2D eigenvalue weighted by molar-refractivity contribution is 5.90. The van der Waals surface area contributed by atoms with E-state index in [0.29, 0.717) is 13.1 Å². The largest absolute Gasteiger partial charge is 0.364 e. The summed E-state index contributed by atoms with van der Waals surface area (Å²) in [4.78, 5) is 14.5. The number of carbonyl (C=O) groups excluding carboxylic acids is 1. The second-order valence-electron chi connectivity index (χ2n) is 2.78. The molecule has 4 nitrogen and oxygen atoms in total. The van der Waals surface area contributed by atoms with Gasteiger partial charge in [0.05, 0.1) is 0 Å². The fourth-order valence-corrected chi connectivity index (χ4v) is 0.974. The number of carbonyl (C=O) groups is 1. The molecule has 0 unspecified atom stereocenters. The first kappa shape index (κ1) is 10.6. The maximum absolute atomic E-state index is 11.7. The molecule has 0 aliphatic rings. The molecule has 0 radical (unpaired) electrons. The number of rotatable bonds is 5. The van der Waals surface area contributed by atoms with E-state index in [1.807, 2.05) is 0 Å². The van der Waals surface area contributed by atoms with E-state index in [0.717, 1.165) is 5.56 Å². The van der Waals surface area contributed by atoms with Crippen molar-refractivity contribution in [3.63, 3.8) is 0 Å². The predicted molar refractivity (Wildman–Crippen MR) is 50.4 cm³/mol. The van der Waals surface area contributed by atoms with Crippen LogP contribution in [0.5, 0.6) is 0 Å². The summed E-state index contributed by atoms with van der Waals surface area (Å²) in [5.74, 6) is -0.548. The minimum Gasteiger partial charge on any atom is -0.364 e. The van der Waals surface area contributed by atoms with Crippen LogP contribution in [0.2, 0.25) is 0 Å². The smallest absolute Gasteiger partial charge is 0.267 e. The molecule has 0 aliphatic carbocycles. The van der Waals surface area contributed by atoms with E-state index >= 15 is 0 Å². The molecule has 0 atom stereocenters. The van der Waals surface area contributed by atoms with E-state index in [1.54, 1.807) is 18.3 Å². The van der Waals surface area contributed by atoms with Crippen LogP contribution >= 0.6 is 0 Å². The molecule has 0 aromatic carbocycles. The van der Waals surface area contributed by atoms with Crippen molar-refractivity contribution in [1.29, 1.82) is 0 Å². The first-order chi connectivity index (χ1) is 6.74. The summed E-state index contributed by atoms with van der Waals surface area (Å²) in [6.45, 7) is 0.459. The Morgan fingerprint density at radius 1 is 1.57 bits per heavy atom. The monoisotopic (exact) mass is 197 g/mol. The summed E-state index contributed by atoms with van der Waals surface area (Å²) in [5.41, 5.74) is 6.15. The Labute approximate surface area is 81.3 Å². The molecule has 1 heterocycles. The normalized spacial score (nSPS) is 10.1. The van der Waals surface area contributed by atoms with Crippen molar-refractivity contribution in [3.8, 4) is 0 Å². The van der Waals surface area contributed by atoms with Crippen LogP contribution in [-0.4, -0.2) is 24.1 Å². The van der Waals surface area contributed by atoms with Crippen LogP contribution in [0.25, 0.3) is 0 Å². The molecule has 1 aromatic rings. The maximum Gasteiger partial charge on any atom is 0.267 e. The van der Waals surface area contributed by atoms with Crippen LogP contribution < -0.4 is 11.1 Å². The topological polar surface area (TPSA) is 68.0 Å². The van der Waals surface area contributed by atoms with Crippen molar-refractivity contribution < 1.29 is 9.18 Å². The third-order valence-electron chi connectivity index (χ3n) is 1.68. The lowest BCUT2D eigenvalue weighted by molar-refractivity contribution is 0.0995. The second-order valence-corrected chi connectivity index (χ2v) is 2.78. The second kappa shape index (κ2) is 5.29. The van der Waals surface area contributed by atoms with Crippen LogP contribution in [0, 0.1) is 0 Å². The third-order valence-corrected chi connectivity index (χ3v) is 1.68. The Morgan fingerprint density at radius 3 is 2.86 bits per heavy atom. The number of halogens is 1. The lowest BCUT2D eigenvalue weighted by Crippen LogP contribution is -2.17. The summed E-state index contributed by atoms with van der Waals surface area (Å²) < 4.78 is 11.7. The van der Waals surface area contributed by atoms with Gasteiger partial charge in [-0.2, -0.15) is 0 Å². The van der Waals surface area contributed by atoms with E-state index in [1.165, 1.54) is 0 Å². The van der Waals surface area contributed by atoms with Gasteiger partial charge in [0.25, 0.3) is 5.91 Å². The predicted octanol–water partition coefficient (Wildman–Crippen LogP) is 0.240. The van der Waals surface area contributed by atoms with Gasteiger partial charge in [0, 0.05) is 19.3 Å². The molecule has 1 rings (SSSR count). The Bertz CT molecular complexity index is 299. The molecule has 0 spiro atoms. The van der Waals surface area contributed by atoms with Gasteiger partial charge in [0.15, 0.2) is 0 Å². The standard InChI is InChI=1S/C9H12FN3O/c10-3-4-12-5-7-1-2-8(9(11)14)13-6-7/h1-2,6,12H,3-5H2,(H2,11,14). The first-order valence-corrected chi connectivity index (χ1v) is 4.25. The molecule has 0 saturated carbocycles. The average Bonchev–Trinajstić information content (AvgIpc) is 2.19. The highest BCUT2D eigenvalue weighted by atomic mass is 19.1. The van der Waals surface area contributed by atoms with E-state index < -0.39 is 12.6 Å². The van der Waals surface area contributed by atoms with Crippen LogP contribution in [0.3, 0.4) is 0 Å². The van der Waals surface area contributed by atoms with Gasteiger partial charge in [-0.1, -0.05) is 6.07 Å². The van der Waals surface area contributed by atoms with Gasteiger partial charge in [-0.15, -0.1) is 0 Å². The zero-order valence-electron chi connectivity index (χ0n) is 7.66. The SMILES string of the molecule is NC(=O)c1ccc(CNCCF)cn1. The van der Waals surface area contributed by atoms with Crippen molar-refractivity contribution >= 4 is 5.91 Å². The number of amides is 1. The van der Waals surface area contributed by atoms with E-state index in [-0.39, 0.29) is 5.69 Å². The summed E-state index contributed by atoms with van der Waals surface area (Å²) in [6.07, 6.45) is 1.55. The molecule has 5 heteroatoms. The zero-order valence-corrected chi connectivity index (χ0v) is 7.66.